The number of nitrogens with zero attached hydrogens (tertiary/aromatic N) is 1. The summed E-state index contributed by atoms with van der Waals surface area (Å²) in [6.45, 7) is 2.15. The quantitative estimate of drug-likeness (QED) is 0.576. The van der Waals surface area contributed by atoms with E-state index in [9.17, 15) is 9.59 Å². The van der Waals surface area contributed by atoms with Gasteiger partial charge in [-0.15, -0.1) is 6.42 Å². The minimum absolute atomic E-state index is 0.291. The summed E-state index contributed by atoms with van der Waals surface area (Å²) in [5.74, 6) is 0.235. The highest BCUT2D eigenvalue weighted by atomic mass is 16.4. The average molecular weight is 181 g/mol. The smallest absolute Gasteiger partial charge is 0.308 e. The van der Waals surface area contributed by atoms with E-state index in [2.05, 4.69) is 0 Å². The fourth-order valence-electron chi connectivity index (χ4n) is 1.64. The maximum atomic E-state index is 11.1. The zero-order chi connectivity index (χ0) is 10.0. The van der Waals surface area contributed by atoms with Crippen molar-refractivity contribution in [2.24, 2.45) is 5.92 Å². The summed E-state index contributed by atoms with van der Waals surface area (Å²) < 4.78 is 0. The van der Waals surface area contributed by atoms with Crippen molar-refractivity contribution in [3.8, 4) is 12.3 Å². The largest absolute Gasteiger partial charge is 0.481 e. The van der Waals surface area contributed by atoms with E-state index in [1.54, 1.807) is 6.92 Å². The lowest BCUT2D eigenvalue weighted by Gasteiger charge is -2.20. The molecule has 2 unspecified atom stereocenters. The summed E-state index contributed by atoms with van der Waals surface area (Å²) in [5, 5.41) is 8.77. The standard InChI is InChI=1S/C9H11NO3/c1-3-8(11)10-5-4-7(6(10)2)9(12)13/h1,6-7H,4-5H2,2H3,(H,12,13). The van der Waals surface area contributed by atoms with Crippen molar-refractivity contribution < 1.29 is 14.7 Å². The van der Waals surface area contributed by atoms with Gasteiger partial charge < -0.3 is 10.0 Å². The van der Waals surface area contributed by atoms with E-state index in [1.165, 1.54) is 4.90 Å². The van der Waals surface area contributed by atoms with Crippen molar-refractivity contribution in [2.45, 2.75) is 19.4 Å². The number of aliphatic carboxylic acids is 1. The Kier molecular flexibility index (Phi) is 2.57. The van der Waals surface area contributed by atoms with Crippen molar-refractivity contribution in [1.82, 2.24) is 4.90 Å². The van der Waals surface area contributed by atoms with Crippen molar-refractivity contribution in [3.05, 3.63) is 0 Å². The van der Waals surface area contributed by atoms with E-state index < -0.39 is 17.8 Å². The van der Waals surface area contributed by atoms with Gasteiger partial charge in [-0.25, -0.2) is 0 Å². The first-order valence-corrected chi connectivity index (χ1v) is 4.08. The Bertz CT molecular complexity index is 279. The molecular formula is C9H11NO3. The third-order valence-corrected chi connectivity index (χ3v) is 2.46. The fourth-order valence-corrected chi connectivity index (χ4v) is 1.64. The summed E-state index contributed by atoms with van der Waals surface area (Å²) in [6.07, 6.45) is 5.44. The van der Waals surface area contributed by atoms with Gasteiger partial charge in [0.1, 0.15) is 0 Å². The Morgan fingerprint density at radius 3 is 2.62 bits per heavy atom. The van der Waals surface area contributed by atoms with E-state index in [0.29, 0.717) is 13.0 Å². The van der Waals surface area contributed by atoms with Gasteiger partial charge in [0.15, 0.2) is 0 Å². The number of likely N-dealkylation sites (tertiary alicyclic amines) is 1. The molecule has 70 valence electrons. The zero-order valence-corrected chi connectivity index (χ0v) is 7.36. The van der Waals surface area contributed by atoms with Gasteiger partial charge in [-0.2, -0.15) is 0 Å². The molecule has 4 heteroatoms. The Labute approximate surface area is 76.5 Å². The van der Waals surface area contributed by atoms with Gasteiger partial charge in [-0.05, 0) is 19.3 Å². The van der Waals surface area contributed by atoms with Crippen LogP contribution in [0, 0.1) is 18.3 Å². The molecule has 1 saturated heterocycles. The molecule has 0 aliphatic carbocycles. The van der Waals surface area contributed by atoms with Crippen LogP contribution >= 0.6 is 0 Å². The van der Waals surface area contributed by atoms with Crippen molar-refractivity contribution in [2.75, 3.05) is 6.54 Å². The van der Waals surface area contributed by atoms with E-state index in [4.69, 9.17) is 11.5 Å². The van der Waals surface area contributed by atoms with Crippen LogP contribution in [0.5, 0.6) is 0 Å². The molecule has 2 atom stereocenters. The minimum atomic E-state index is -0.861. The SMILES string of the molecule is C#CC(=O)N1CCC(C(=O)O)C1C. The van der Waals surface area contributed by atoms with Crippen LogP contribution in [-0.4, -0.2) is 34.5 Å². The number of carboxylic acids is 1. The third kappa shape index (κ3) is 1.64. The Morgan fingerprint density at radius 1 is 1.62 bits per heavy atom. The van der Waals surface area contributed by atoms with E-state index >= 15 is 0 Å². The first-order valence-electron chi connectivity index (χ1n) is 4.08. The van der Waals surface area contributed by atoms with Crippen LogP contribution in [-0.2, 0) is 9.59 Å². The van der Waals surface area contributed by atoms with E-state index in [0.717, 1.165) is 0 Å². The molecule has 0 aromatic carbocycles. The molecule has 4 nitrogen and oxygen atoms in total. The van der Waals surface area contributed by atoms with Gasteiger partial charge in [0.2, 0.25) is 0 Å². The van der Waals surface area contributed by atoms with E-state index in [1.807, 2.05) is 5.92 Å². The summed E-state index contributed by atoms with van der Waals surface area (Å²) in [5.41, 5.74) is 0. The number of rotatable bonds is 1. The third-order valence-electron chi connectivity index (χ3n) is 2.46. The molecule has 0 aromatic heterocycles. The van der Waals surface area contributed by atoms with Gasteiger partial charge >= 0.3 is 5.97 Å². The van der Waals surface area contributed by atoms with Gasteiger partial charge in [-0.1, -0.05) is 0 Å². The number of terminal acetylenes is 1. The van der Waals surface area contributed by atoms with Crippen molar-refractivity contribution in [1.29, 1.82) is 0 Å². The van der Waals surface area contributed by atoms with Crippen LogP contribution in [0.2, 0.25) is 0 Å². The van der Waals surface area contributed by atoms with Crippen LogP contribution in [0.4, 0.5) is 0 Å². The molecule has 0 aromatic rings. The van der Waals surface area contributed by atoms with Gasteiger partial charge in [-0.3, -0.25) is 9.59 Å². The van der Waals surface area contributed by atoms with Gasteiger partial charge in [0.05, 0.1) is 5.92 Å². The van der Waals surface area contributed by atoms with Gasteiger partial charge in [0.25, 0.3) is 5.91 Å². The summed E-state index contributed by atoms with van der Waals surface area (Å²) >= 11 is 0. The highest BCUT2D eigenvalue weighted by Crippen LogP contribution is 2.23. The van der Waals surface area contributed by atoms with Crippen LogP contribution in [0.1, 0.15) is 13.3 Å². The number of hydrogen-bond acceptors (Lipinski definition) is 2. The molecular weight excluding hydrogens is 170 g/mol. The van der Waals surface area contributed by atoms with Crippen LogP contribution in [0.25, 0.3) is 0 Å². The summed E-state index contributed by atoms with van der Waals surface area (Å²) in [7, 11) is 0. The molecule has 0 radical (unpaired) electrons. The Hall–Kier alpha value is -1.50. The summed E-state index contributed by atoms with van der Waals surface area (Å²) in [4.78, 5) is 23.2. The van der Waals surface area contributed by atoms with Crippen LogP contribution < -0.4 is 0 Å². The molecule has 1 rings (SSSR count). The minimum Gasteiger partial charge on any atom is -0.481 e. The molecule has 1 amide bonds. The molecule has 0 spiro atoms. The molecule has 1 aliphatic heterocycles. The lowest BCUT2D eigenvalue weighted by molar-refractivity contribution is -0.142. The molecule has 13 heavy (non-hydrogen) atoms. The predicted molar refractivity (Wildman–Crippen MR) is 45.8 cm³/mol. The number of carbonyl (C=O) groups is 2. The average Bonchev–Trinajstić information content (AvgIpc) is 2.46. The highest BCUT2D eigenvalue weighted by molar-refractivity contribution is 5.93. The fraction of sp³-hybridized carbons (Fsp3) is 0.556. The normalized spacial score (nSPS) is 26.9. The predicted octanol–water partition coefficient (Wildman–Crippen LogP) is -0.0588. The van der Waals surface area contributed by atoms with Gasteiger partial charge in [0, 0.05) is 12.6 Å². The lowest BCUT2D eigenvalue weighted by Crippen LogP contribution is -2.36. The van der Waals surface area contributed by atoms with Crippen molar-refractivity contribution >= 4 is 11.9 Å². The van der Waals surface area contributed by atoms with Crippen LogP contribution in [0.3, 0.4) is 0 Å². The topological polar surface area (TPSA) is 57.6 Å². The number of carboxylic acid groups (broad SMARTS) is 1. The maximum Gasteiger partial charge on any atom is 0.308 e. The molecule has 0 saturated carbocycles. The monoisotopic (exact) mass is 181 g/mol. The van der Waals surface area contributed by atoms with Crippen molar-refractivity contribution in [3.63, 3.8) is 0 Å². The first kappa shape index (κ1) is 9.59. The molecule has 1 aliphatic rings. The highest BCUT2D eigenvalue weighted by Gasteiger charge is 2.37. The molecule has 0 bridgehead atoms. The first-order chi connectivity index (χ1) is 6.07. The molecule has 1 N–H and O–H groups in total. The second kappa shape index (κ2) is 3.48. The van der Waals surface area contributed by atoms with Crippen LogP contribution in [0.15, 0.2) is 0 Å². The Balaban J connectivity index is 2.72. The number of hydrogen-bond donors (Lipinski definition) is 1. The maximum absolute atomic E-state index is 11.1. The second-order valence-electron chi connectivity index (χ2n) is 3.12. The number of amides is 1. The van der Waals surface area contributed by atoms with E-state index in [-0.39, 0.29) is 6.04 Å². The Morgan fingerprint density at radius 2 is 2.23 bits per heavy atom. The molecule has 1 fully saturated rings. The second-order valence-corrected chi connectivity index (χ2v) is 3.12. The number of carbonyl (C=O) groups excluding carboxylic acids is 1. The molecule has 1 heterocycles. The lowest BCUT2D eigenvalue weighted by atomic mass is 10.0. The summed E-state index contributed by atoms with van der Waals surface area (Å²) in [6, 6.07) is -0.291. The zero-order valence-electron chi connectivity index (χ0n) is 7.36.